The van der Waals surface area contributed by atoms with Gasteiger partial charge >= 0.3 is 5.97 Å². The van der Waals surface area contributed by atoms with Gasteiger partial charge in [0.25, 0.3) is 0 Å². The molecule has 3 heteroatoms. The van der Waals surface area contributed by atoms with Crippen LogP contribution in [0.15, 0.2) is 24.3 Å². The monoisotopic (exact) mass is 260 g/mol. The lowest BCUT2D eigenvalue weighted by Crippen LogP contribution is -2.18. The predicted octanol–water partition coefficient (Wildman–Crippen LogP) is 2.68. The molecule has 0 amide bonds. The molecule has 0 aromatic heterocycles. The summed E-state index contributed by atoms with van der Waals surface area (Å²) >= 11 is 0. The van der Waals surface area contributed by atoms with E-state index < -0.39 is 5.97 Å². The van der Waals surface area contributed by atoms with Crippen molar-refractivity contribution in [2.45, 2.75) is 43.4 Å². The van der Waals surface area contributed by atoms with E-state index in [0.717, 1.165) is 25.7 Å². The van der Waals surface area contributed by atoms with Crippen molar-refractivity contribution in [3.63, 3.8) is 0 Å². The number of aliphatic hydroxyl groups excluding tert-OH is 1. The van der Waals surface area contributed by atoms with Crippen LogP contribution in [0.25, 0.3) is 0 Å². The highest BCUT2D eigenvalue weighted by Gasteiger charge is 2.46. The maximum Gasteiger partial charge on any atom is 0.303 e. The predicted molar refractivity (Wildman–Crippen MR) is 72.2 cm³/mol. The zero-order valence-corrected chi connectivity index (χ0v) is 11.0. The Labute approximate surface area is 113 Å². The van der Waals surface area contributed by atoms with Gasteiger partial charge in [0.15, 0.2) is 0 Å². The Hall–Kier alpha value is -1.35. The third-order valence-electron chi connectivity index (χ3n) is 4.67. The summed E-state index contributed by atoms with van der Waals surface area (Å²) in [7, 11) is 0. The van der Waals surface area contributed by atoms with Gasteiger partial charge in [-0.2, -0.15) is 0 Å². The van der Waals surface area contributed by atoms with Gasteiger partial charge in [-0.3, -0.25) is 4.79 Å². The Morgan fingerprint density at radius 1 is 1.32 bits per heavy atom. The van der Waals surface area contributed by atoms with Gasteiger partial charge in [0.05, 0.1) is 13.0 Å². The van der Waals surface area contributed by atoms with Gasteiger partial charge in [0.1, 0.15) is 0 Å². The van der Waals surface area contributed by atoms with Crippen molar-refractivity contribution < 1.29 is 15.0 Å². The molecule has 1 aromatic rings. The minimum atomic E-state index is -0.722. The summed E-state index contributed by atoms with van der Waals surface area (Å²) < 4.78 is 0. The summed E-state index contributed by atoms with van der Waals surface area (Å²) in [5.41, 5.74) is 2.27. The summed E-state index contributed by atoms with van der Waals surface area (Å²) in [6, 6.07) is 8.13. The van der Waals surface area contributed by atoms with Gasteiger partial charge in [0, 0.05) is 5.41 Å². The van der Waals surface area contributed by atoms with Crippen molar-refractivity contribution in [1.29, 1.82) is 0 Å². The van der Waals surface area contributed by atoms with E-state index in [1.165, 1.54) is 11.1 Å². The van der Waals surface area contributed by atoms with Crippen molar-refractivity contribution in [1.82, 2.24) is 0 Å². The van der Waals surface area contributed by atoms with Crippen molar-refractivity contribution >= 4 is 5.97 Å². The fourth-order valence-electron chi connectivity index (χ4n) is 3.18. The van der Waals surface area contributed by atoms with E-state index in [9.17, 15) is 9.90 Å². The lowest BCUT2D eigenvalue weighted by molar-refractivity contribution is -0.137. The zero-order chi connectivity index (χ0) is 13.5. The normalized spacial score (nSPS) is 21.9. The maximum absolute atomic E-state index is 11.1. The number of benzene rings is 1. The minimum absolute atomic E-state index is 0.0811. The molecule has 1 atom stereocenters. The molecule has 0 aliphatic heterocycles. The molecule has 1 unspecified atom stereocenters. The fraction of sp³-hybridized carbons (Fsp3) is 0.562. The second-order valence-corrected chi connectivity index (χ2v) is 6.07. The number of aliphatic carboxylic acids is 1. The molecule has 2 fully saturated rings. The molecule has 0 saturated heterocycles. The molecule has 2 N–H and O–H groups in total. The average molecular weight is 260 g/mol. The Morgan fingerprint density at radius 3 is 2.53 bits per heavy atom. The summed E-state index contributed by atoms with van der Waals surface area (Å²) in [4.78, 5) is 11.1. The first-order valence-electron chi connectivity index (χ1n) is 7.08. The first kappa shape index (κ1) is 12.7. The minimum Gasteiger partial charge on any atom is -0.481 e. The van der Waals surface area contributed by atoms with E-state index in [1.807, 2.05) is 12.1 Å². The van der Waals surface area contributed by atoms with Crippen molar-refractivity contribution in [2.75, 3.05) is 6.61 Å². The average Bonchev–Trinajstić information content (AvgIpc) is 3.29. The smallest absolute Gasteiger partial charge is 0.303 e. The summed E-state index contributed by atoms with van der Waals surface area (Å²) in [5.74, 6) is -0.0787. The van der Waals surface area contributed by atoms with Gasteiger partial charge in [-0.05, 0) is 48.6 Å². The van der Waals surface area contributed by atoms with Crippen molar-refractivity contribution in [2.24, 2.45) is 5.92 Å². The number of hydrogen-bond donors (Lipinski definition) is 2. The maximum atomic E-state index is 11.1. The molecule has 0 bridgehead atoms. The van der Waals surface area contributed by atoms with Crippen molar-refractivity contribution in [3.8, 4) is 0 Å². The van der Waals surface area contributed by atoms with E-state index in [1.54, 1.807) is 0 Å². The third-order valence-corrected chi connectivity index (χ3v) is 4.67. The number of carbonyl (C=O) groups is 1. The highest BCUT2D eigenvalue weighted by molar-refractivity contribution is 5.68. The SMILES string of the molecule is O=C(O)CC(c1ccccc1C1(CO)CC1)C1CC1. The van der Waals surface area contributed by atoms with Gasteiger partial charge in [0.2, 0.25) is 0 Å². The van der Waals surface area contributed by atoms with Crippen LogP contribution in [0.1, 0.15) is 49.1 Å². The first-order chi connectivity index (χ1) is 9.16. The number of rotatable bonds is 6. The highest BCUT2D eigenvalue weighted by atomic mass is 16.4. The van der Waals surface area contributed by atoms with E-state index >= 15 is 0 Å². The highest BCUT2D eigenvalue weighted by Crippen LogP contribution is 2.53. The van der Waals surface area contributed by atoms with E-state index in [0.29, 0.717) is 5.92 Å². The van der Waals surface area contributed by atoms with Crippen LogP contribution in [-0.2, 0) is 10.2 Å². The van der Waals surface area contributed by atoms with Gasteiger partial charge < -0.3 is 10.2 Å². The topological polar surface area (TPSA) is 57.5 Å². The summed E-state index contributed by atoms with van der Waals surface area (Å²) in [6.45, 7) is 0.175. The molecular formula is C16H20O3. The molecular weight excluding hydrogens is 240 g/mol. The van der Waals surface area contributed by atoms with Gasteiger partial charge in [-0.25, -0.2) is 0 Å². The van der Waals surface area contributed by atoms with Gasteiger partial charge in [-0.15, -0.1) is 0 Å². The second-order valence-electron chi connectivity index (χ2n) is 6.07. The molecule has 2 aliphatic carbocycles. The number of carboxylic acids is 1. The molecule has 19 heavy (non-hydrogen) atoms. The number of aliphatic hydroxyl groups is 1. The fourth-order valence-corrected chi connectivity index (χ4v) is 3.18. The molecule has 2 saturated carbocycles. The molecule has 1 aromatic carbocycles. The zero-order valence-electron chi connectivity index (χ0n) is 11.0. The Bertz CT molecular complexity index is 487. The van der Waals surface area contributed by atoms with Crippen LogP contribution < -0.4 is 0 Å². The Morgan fingerprint density at radius 2 is 2.00 bits per heavy atom. The molecule has 3 nitrogen and oxygen atoms in total. The lowest BCUT2D eigenvalue weighted by atomic mass is 9.82. The quantitative estimate of drug-likeness (QED) is 0.826. The molecule has 0 heterocycles. The summed E-state index contributed by atoms with van der Waals surface area (Å²) in [5, 5.41) is 18.8. The largest absolute Gasteiger partial charge is 0.481 e. The van der Waals surface area contributed by atoms with Crippen LogP contribution in [0.3, 0.4) is 0 Å². The molecule has 0 spiro atoms. The Kier molecular flexibility index (Phi) is 3.09. The Balaban J connectivity index is 1.96. The van der Waals surface area contributed by atoms with Crippen LogP contribution in [-0.4, -0.2) is 22.8 Å². The van der Waals surface area contributed by atoms with Crippen LogP contribution >= 0.6 is 0 Å². The van der Waals surface area contributed by atoms with Gasteiger partial charge in [-0.1, -0.05) is 24.3 Å². The lowest BCUT2D eigenvalue weighted by Gasteiger charge is -2.23. The van der Waals surface area contributed by atoms with E-state index in [-0.39, 0.29) is 24.4 Å². The molecule has 2 aliphatic rings. The van der Waals surface area contributed by atoms with Crippen LogP contribution in [0.4, 0.5) is 0 Å². The third kappa shape index (κ3) is 2.39. The summed E-state index contributed by atoms with van der Waals surface area (Å²) in [6.07, 6.45) is 4.52. The van der Waals surface area contributed by atoms with E-state index in [2.05, 4.69) is 12.1 Å². The standard InChI is InChI=1S/C16H20O3/c17-10-16(7-8-16)14-4-2-1-3-12(14)13(9-15(18)19)11-5-6-11/h1-4,11,13,17H,5-10H2,(H,18,19). The van der Waals surface area contributed by atoms with E-state index in [4.69, 9.17) is 5.11 Å². The van der Waals surface area contributed by atoms with Crippen LogP contribution in [0.2, 0.25) is 0 Å². The van der Waals surface area contributed by atoms with Crippen LogP contribution in [0.5, 0.6) is 0 Å². The number of hydrogen-bond acceptors (Lipinski definition) is 2. The first-order valence-corrected chi connectivity index (χ1v) is 7.08. The second kappa shape index (κ2) is 4.64. The molecule has 3 rings (SSSR count). The number of carboxylic acid groups (broad SMARTS) is 1. The molecule has 0 radical (unpaired) electrons. The molecule has 102 valence electrons. The van der Waals surface area contributed by atoms with Crippen LogP contribution in [0, 0.1) is 5.92 Å². The van der Waals surface area contributed by atoms with Crippen molar-refractivity contribution in [3.05, 3.63) is 35.4 Å².